The van der Waals surface area contributed by atoms with Crippen LogP contribution >= 0.6 is 12.2 Å². The second-order valence-electron chi connectivity index (χ2n) is 8.20. The summed E-state index contributed by atoms with van der Waals surface area (Å²) in [5.41, 5.74) is 3.61. The van der Waals surface area contributed by atoms with Gasteiger partial charge in [-0.3, -0.25) is 9.71 Å². The van der Waals surface area contributed by atoms with Gasteiger partial charge >= 0.3 is 0 Å². The van der Waals surface area contributed by atoms with Crippen molar-refractivity contribution in [2.45, 2.75) is 12.1 Å². The second kappa shape index (κ2) is 9.12. The van der Waals surface area contributed by atoms with Crippen LogP contribution in [0.2, 0.25) is 0 Å². The standard InChI is InChI=1S/C25H22FN5O2S2/c1-35(32,33)29-18-10-12-19(13-11-18)31-24(23(28-25(31)34)21-8-2-3-14-27-21)22-9-5-15-30(22)20-7-4-6-17(26)16-20/h2-16,23-24,29H,1H3,(H,28,34)/t23-,24-/m0/s1. The number of nitrogens with one attached hydrogen (secondary N) is 2. The Morgan fingerprint density at radius 3 is 2.49 bits per heavy atom. The van der Waals surface area contributed by atoms with Crippen molar-refractivity contribution in [1.29, 1.82) is 0 Å². The molecule has 1 aliphatic heterocycles. The van der Waals surface area contributed by atoms with Gasteiger partial charge in [0, 0.05) is 35.1 Å². The molecule has 1 saturated heterocycles. The van der Waals surface area contributed by atoms with E-state index >= 15 is 0 Å². The average molecular weight is 508 g/mol. The lowest BCUT2D eigenvalue weighted by atomic mass is 10.0. The number of hydrogen-bond donors (Lipinski definition) is 2. The van der Waals surface area contributed by atoms with Gasteiger partial charge in [-0.1, -0.05) is 12.1 Å². The molecule has 1 fully saturated rings. The number of thiocarbonyl (C=S) groups is 1. The Balaban J connectivity index is 1.61. The van der Waals surface area contributed by atoms with Crippen LogP contribution < -0.4 is 14.9 Å². The Labute approximate surface area is 208 Å². The molecular weight excluding hydrogens is 485 g/mol. The molecule has 5 rings (SSSR count). The van der Waals surface area contributed by atoms with Crippen LogP contribution in [0.25, 0.3) is 5.69 Å². The minimum absolute atomic E-state index is 0.278. The number of hydrogen-bond acceptors (Lipinski definition) is 4. The highest BCUT2D eigenvalue weighted by Gasteiger charge is 2.42. The molecule has 35 heavy (non-hydrogen) atoms. The first-order valence-corrected chi connectivity index (χ1v) is 13.1. The molecule has 0 bridgehead atoms. The van der Waals surface area contributed by atoms with Gasteiger partial charge in [-0.05, 0) is 78.9 Å². The van der Waals surface area contributed by atoms with Crippen molar-refractivity contribution < 1.29 is 12.8 Å². The largest absolute Gasteiger partial charge is 0.351 e. The Bertz CT molecular complexity index is 1470. The summed E-state index contributed by atoms with van der Waals surface area (Å²) in [6, 6.07) is 22.4. The lowest BCUT2D eigenvalue weighted by molar-refractivity contribution is 0.549. The van der Waals surface area contributed by atoms with E-state index in [1.165, 1.54) is 12.1 Å². The summed E-state index contributed by atoms with van der Waals surface area (Å²) in [6.45, 7) is 0. The Morgan fingerprint density at radius 2 is 1.80 bits per heavy atom. The molecule has 1 aliphatic rings. The van der Waals surface area contributed by atoms with Crippen LogP contribution in [0.1, 0.15) is 23.5 Å². The van der Waals surface area contributed by atoms with Gasteiger partial charge < -0.3 is 14.8 Å². The minimum atomic E-state index is -3.39. The Morgan fingerprint density at radius 1 is 1.00 bits per heavy atom. The van der Waals surface area contributed by atoms with Gasteiger partial charge in [0.25, 0.3) is 0 Å². The third-order valence-electron chi connectivity index (χ3n) is 5.72. The van der Waals surface area contributed by atoms with E-state index < -0.39 is 10.0 Å². The van der Waals surface area contributed by atoms with Crippen molar-refractivity contribution >= 4 is 38.7 Å². The van der Waals surface area contributed by atoms with Gasteiger partial charge in [0.05, 0.1) is 18.0 Å². The van der Waals surface area contributed by atoms with Gasteiger partial charge in [-0.2, -0.15) is 0 Å². The smallest absolute Gasteiger partial charge is 0.229 e. The number of rotatable bonds is 6. The van der Waals surface area contributed by atoms with E-state index in [4.69, 9.17) is 12.2 Å². The second-order valence-corrected chi connectivity index (χ2v) is 10.3. The predicted octanol–water partition coefficient (Wildman–Crippen LogP) is 4.56. The van der Waals surface area contributed by atoms with Crippen LogP contribution in [0, 0.1) is 5.82 Å². The minimum Gasteiger partial charge on any atom is -0.351 e. The number of sulfonamides is 1. The third kappa shape index (κ3) is 4.75. The SMILES string of the molecule is CS(=O)(=O)Nc1ccc(N2C(=S)N[C@@H](c3ccccn3)[C@@H]2c2cccn2-c2cccc(F)c2)cc1. The topological polar surface area (TPSA) is 79.3 Å². The van der Waals surface area contributed by atoms with Crippen molar-refractivity contribution in [3.8, 4) is 5.69 Å². The molecule has 0 spiro atoms. The zero-order valence-corrected chi connectivity index (χ0v) is 20.3. The van der Waals surface area contributed by atoms with Gasteiger partial charge in [0.2, 0.25) is 10.0 Å². The highest BCUT2D eigenvalue weighted by molar-refractivity contribution is 7.92. The maximum atomic E-state index is 14.1. The summed E-state index contributed by atoms with van der Waals surface area (Å²) in [5.74, 6) is -0.325. The van der Waals surface area contributed by atoms with Crippen molar-refractivity contribution in [3.63, 3.8) is 0 Å². The summed E-state index contributed by atoms with van der Waals surface area (Å²) in [7, 11) is -3.39. The van der Waals surface area contributed by atoms with Crippen LogP contribution in [0.3, 0.4) is 0 Å². The summed E-state index contributed by atoms with van der Waals surface area (Å²) in [6.07, 6.45) is 4.73. The first-order valence-electron chi connectivity index (χ1n) is 10.8. The number of halogens is 1. The van der Waals surface area contributed by atoms with Crippen LogP contribution in [-0.2, 0) is 10.0 Å². The predicted molar refractivity (Wildman–Crippen MR) is 139 cm³/mol. The molecule has 0 saturated carbocycles. The number of anilines is 2. The molecule has 178 valence electrons. The van der Waals surface area contributed by atoms with Crippen LogP contribution in [0.5, 0.6) is 0 Å². The molecule has 4 aromatic rings. The molecule has 0 radical (unpaired) electrons. The fraction of sp³-hybridized carbons (Fsp3) is 0.120. The van der Waals surface area contributed by atoms with Gasteiger partial charge in [0.15, 0.2) is 5.11 Å². The summed E-state index contributed by atoms with van der Waals surface area (Å²) < 4.78 is 41.7. The van der Waals surface area contributed by atoms with Crippen molar-refractivity contribution in [1.82, 2.24) is 14.9 Å². The summed E-state index contributed by atoms with van der Waals surface area (Å²) in [5, 5.41) is 3.90. The molecule has 10 heteroatoms. The van der Waals surface area contributed by atoms with E-state index in [2.05, 4.69) is 15.0 Å². The lowest BCUT2D eigenvalue weighted by Crippen LogP contribution is -2.30. The van der Waals surface area contributed by atoms with Crippen molar-refractivity contribution in [2.75, 3.05) is 15.9 Å². The Kier molecular flexibility index (Phi) is 6.00. The van der Waals surface area contributed by atoms with Crippen LogP contribution in [0.15, 0.2) is 91.3 Å². The molecule has 0 aliphatic carbocycles. The number of aromatic nitrogens is 2. The van der Waals surface area contributed by atoms with E-state index in [9.17, 15) is 12.8 Å². The van der Waals surface area contributed by atoms with Gasteiger partial charge in [0.1, 0.15) is 11.9 Å². The van der Waals surface area contributed by atoms with E-state index in [1.807, 2.05) is 64.2 Å². The monoisotopic (exact) mass is 507 g/mol. The zero-order valence-electron chi connectivity index (χ0n) is 18.7. The number of nitrogens with zero attached hydrogens (tertiary/aromatic N) is 3. The Hall–Kier alpha value is -3.76. The first kappa shape index (κ1) is 23.0. The molecule has 7 nitrogen and oxygen atoms in total. The van der Waals surface area contributed by atoms with Crippen LogP contribution in [-0.4, -0.2) is 29.3 Å². The van der Waals surface area contributed by atoms with Gasteiger partial charge in [-0.25, -0.2) is 12.8 Å². The molecule has 3 heterocycles. The molecule has 0 unspecified atom stereocenters. The van der Waals surface area contributed by atoms with Gasteiger partial charge in [-0.15, -0.1) is 0 Å². The molecule has 2 N–H and O–H groups in total. The molecule has 0 amide bonds. The van der Waals surface area contributed by atoms with Crippen LogP contribution in [0.4, 0.5) is 15.8 Å². The molecule has 2 aromatic heterocycles. The number of pyridine rings is 1. The lowest BCUT2D eigenvalue weighted by Gasteiger charge is -2.29. The first-order chi connectivity index (χ1) is 16.8. The molecule has 2 atom stereocenters. The van der Waals surface area contributed by atoms with E-state index in [0.717, 1.165) is 23.3 Å². The third-order valence-corrected chi connectivity index (χ3v) is 6.64. The highest BCUT2D eigenvalue weighted by Crippen LogP contribution is 2.42. The maximum absolute atomic E-state index is 14.1. The zero-order chi connectivity index (χ0) is 24.6. The van der Waals surface area contributed by atoms with E-state index in [-0.39, 0.29) is 17.9 Å². The fourth-order valence-corrected chi connectivity index (χ4v) is 5.24. The van der Waals surface area contributed by atoms with Crippen molar-refractivity contribution in [3.05, 3.63) is 108 Å². The van der Waals surface area contributed by atoms with E-state index in [0.29, 0.717) is 16.5 Å². The molecular formula is C25H22FN5O2S2. The summed E-state index contributed by atoms with van der Waals surface area (Å²) in [4.78, 5) is 6.54. The van der Waals surface area contributed by atoms with Crippen molar-refractivity contribution in [2.24, 2.45) is 0 Å². The fourth-order valence-electron chi connectivity index (χ4n) is 4.33. The average Bonchev–Trinajstić information content (AvgIpc) is 3.43. The normalized spacial score (nSPS) is 17.9. The quantitative estimate of drug-likeness (QED) is 0.373. The summed E-state index contributed by atoms with van der Waals surface area (Å²) >= 11 is 5.76. The highest BCUT2D eigenvalue weighted by atomic mass is 32.2. The maximum Gasteiger partial charge on any atom is 0.229 e. The number of benzene rings is 2. The van der Waals surface area contributed by atoms with E-state index in [1.54, 1.807) is 24.4 Å². The molecule has 2 aromatic carbocycles.